The zero-order valence-corrected chi connectivity index (χ0v) is 14.5. The maximum Gasteiger partial charge on any atom is 0.257 e. The lowest BCUT2D eigenvalue weighted by molar-refractivity contribution is -0.0372. The molecule has 0 bridgehead atoms. The van der Waals surface area contributed by atoms with E-state index in [1.807, 2.05) is 47.4 Å². The number of carbonyl (C=O) groups excluding carboxylic acids is 1. The van der Waals surface area contributed by atoms with Gasteiger partial charge in [0, 0.05) is 13.1 Å². The third-order valence-corrected chi connectivity index (χ3v) is 5.48. The molecule has 0 unspecified atom stereocenters. The number of hydrogen-bond acceptors (Lipinski definition) is 4. The van der Waals surface area contributed by atoms with Gasteiger partial charge in [-0.15, -0.1) is 0 Å². The highest BCUT2D eigenvalue weighted by Gasteiger charge is 2.42. The smallest absolute Gasteiger partial charge is 0.257 e. The molecule has 2 aliphatic rings. The first-order chi connectivity index (χ1) is 12.6. The van der Waals surface area contributed by atoms with Crippen LogP contribution in [0.25, 0.3) is 0 Å². The van der Waals surface area contributed by atoms with Crippen LogP contribution >= 0.6 is 0 Å². The van der Waals surface area contributed by atoms with E-state index in [-0.39, 0.29) is 17.7 Å². The van der Waals surface area contributed by atoms with E-state index in [2.05, 4.69) is 0 Å². The summed E-state index contributed by atoms with van der Waals surface area (Å²) in [4.78, 5) is 14.9. The molecule has 2 aromatic carbocycles. The zero-order chi connectivity index (χ0) is 18.1. The van der Waals surface area contributed by atoms with Gasteiger partial charge in [-0.1, -0.05) is 30.3 Å². The average molecular weight is 353 g/mol. The first kappa shape index (κ1) is 17.1. The second-order valence-electron chi connectivity index (χ2n) is 7.25. The molecule has 2 N–H and O–H groups in total. The summed E-state index contributed by atoms with van der Waals surface area (Å²) in [6.07, 6.45) is -0.254. The topological polar surface area (TPSA) is 70.0 Å². The number of amides is 1. The van der Waals surface area contributed by atoms with Crippen LogP contribution in [0.1, 0.15) is 23.2 Å². The molecule has 5 nitrogen and oxygen atoms in total. The van der Waals surface area contributed by atoms with Crippen LogP contribution in [-0.4, -0.2) is 46.3 Å². The summed E-state index contributed by atoms with van der Waals surface area (Å²) >= 11 is 0. The van der Waals surface area contributed by atoms with E-state index in [1.54, 1.807) is 12.1 Å². The number of nitrogens with zero attached hydrogens (tertiary/aromatic N) is 1. The third-order valence-electron chi connectivity index (χ3n) is 5.48. The summed E-state index contributed by atoms with van der Waals surface area (Å²) < 4.78 is 5.92. The summed E-state index contributed by atoms with van der Waals surface area (Å²) in [6.45, 7) is 1.24. The Morgan fingerprint density at radius 1 is 0.885 bits per heavy atom. The van der Waals surface area contributed by atoms with Crippen molar-refractivity contribution >= 4 is 5.91 Å². The molecular weight excluding hydrogens is 330 g/mol. The summed E-state index contributed by atoms with van der Waals surface area (Å²) in [7, 11) is 0. The van der Waals surface area contributed by atoms with E-state index in [1.165, 1.54) is 0 Å². The number of aliphatic hydroxyl groups excluding tert-OH is 2. The fourth-order valence-electron chi connectivity index (χ4n) is 4.09. The van der Waals surface area contributed by atoms with E-state index < -0.39 is 12.2 Å². The minimum absolute atomic E-state index is 0.0603. The number of likely N-dealkylation sites (tertiary alicyclic amines) is 1. The number of para-hydroxylation sites is 2. The van der Waals surface area contributed by atoms with Crippen molar-refractivity contribution in [3.63, 3.8) is 0 Å². The maximum absolute atomic E-state index is 13.1. The Balaban J connectivity index is 1.52. The van der Waals surface area contributed by atoms with Gasteiger partial charge in [0.2, 0.25) is 0 Å². The molecule has 136 valence electrons. The third kappa shape index (κ3) is 3.32. The van der Waals surface area contributed by atoms with E-state index in [4.69, 9.17) is 4.74 Å². The fourth-order valence-corrected chi connectivity index (χ4v) is 4.09. The number of rotatable bonds is 3. The molecule has 2 fully saturated rings. The quantitative estimate of drug-likeness (QED) is 0.890. The Morgan fingerprint density at radius 3 is 2.12 bits per heavy atom. The number of carbonyl (C=O) groups is 1. The molecule has 1 amide bonds. The molecular formula is C21H23NO4. The molecule has 26 heavy (non-hydrogen) atoms. The van der Waals surface area contributed by atoms with Gasteiger partial charge < -0.3 is 19.8 Å². The van der Waals surface area contributed by atoms with Gasteiger partial charge >= 0.3 is 0 Å². The van der Waals surface area contributed by atoms with Gasteiger partial charge in [-0.3, -0.25) is 4.79 Å². The van der Waals surface area contributed by atoms with Crippen LogP contribution in [0, 0.1) is 11.8 Å². The summed E-state index contributed by atoms with van der Waals surface area (Å²) in [5.41, 5.74) is 0.538. The lowest BCUT2D eigenvalue weighted by atomic mass is 9.79. The molecule has 0 radical (unpaired) electrons. The number of ether oxygens (including phenoxy) is 1. The predicted octanol–water partition coefficient (Wildman–Crippen LogP) is 2.68. The number of benzene rings is 2. The van der Waals surface area contributed by atoms with Gasteiger partial charge in [0.15, 0.2) is 0 Å². The summed E-state index contributed by atoms with van der Waals surface area (Å²) in [6, 6.07) is 16.7. The average Bonchev–Trinajstić information content (AvgIpc) is 3.05. The van der Waals surface area contributed by atoms with Crippen molar-refractivity contribution in [2.45, 2.75) is 25.0 Å². The lowest BCUT2D eigenvalue weighted by Gasteiger charge is -2.31. The SMILES string of the molecule is O=C(c1ccccc1Oc1ccccc1)N1C[C@H]2C[C@H](O)[C@H](O)C[C@H]2C1. The Bertz CT molecular complexity index is 761. The molecule has 5 heteroatoms. The van der Waals surface area contributed by atoms with Crippen molar-refractivity contribution in [2.75, 3.05) is 13.1 Å². The monoisotopic (exact) mass is 353 g/mol. The Hall–Kier alpha value is -2.37. The summed E-state index contributed by atoms with van der Waals surface area (Å²) in [5, 5.41) is 19.8. The Morgan fingerprint density at radius 2 is 1.46 bits per heavy atom. The Kier molecular flexibility index (Phi) is 4.66. The highest BCUT2D eigenvalue weighted by molar-refractivity contribution is 5.97. The molecule has 1 saturated heterocycles. The molecule has 4 atom stereocenters. The van der Waals surface area contributed by atoms with E-state index in [0.29, 0.717) is 43.0 Å². The highest BCUT2D eigenvalue weighted by atomic mass is 16.5. The minimum Gasteiger partial charge on any atom is -0.457 e. The number of hydrogen-bond donors (Lipinski definition) is 2. The number of fused-ring (bicyclic) bond motifs is 1. The van der Waals surface area contributed by atoms with Gasteiger partial charge in [-0.25, -0.2) is 0 Å². The second kappa shape index (κ2) is 7.09. The van der Waals surface area contributed by atoms with Gasteiger partial charge in [-0.05, 0) is 48.9 Å². The van der Waals surface area contributed by atoms with Gasteiger partial charge in [0.1, 0.15) is 11.5 Å². The maximum atomic E-state index is 13.1. The van der Waals surface area contributed by atoms with Crippen molar-refractivity contribution in [3.8, 4) is 11.5 Å². The van der Waals surface area contributed by atoms with Crippen LogP contribution in [0.4, 0.5) is 0 Å². The van der Waals surface area contributed by atoms with Crippen LogP contribution in [0.5, 0.6) is 11.5 Å². The van der Waals surface area contributed by atoms with Crippen molar-refractivity contribution < 1.29 is 19.7 Å². The number of aliphatic hydroxyl groups is 2. The van der Waals surface area contributed by atoms with Crippen LogP contribution < -0.4 is 4.74 Å². The molecule has 1 aliphatic heterocycles. The highest BCUT2D eigenvalue weighted by Crippen LogP contribution is 2.37. The lowest BCUT2D eigenvalue weighted by Crippen LogP contribution is -2.38. The predicted molar refractivity (Wildman–Crippen MR) is 97.1 cm³/mol. The van der Waals surface area contributed by atoms with Gasteiger partial charge in [-0.2, -0.15) is 0 Å². The molecule has 0 aromatic heterocycles. The molecule has 4 rings (SSSR count). The standard InChI is InChI=1S/C21H23NO4/c23-18-10-14-12-22(13-15(14)11-19(18)24)21(25)17-8-4-5-9-20(17)26-16-6-2-1-3-7-16/h1-9,14-15,18-19,23-24H,10-13H2/t14-,15+,18+,19-. The first-order valence-corrected chi connectivity index (χ1v) is 9.09. The van der Waals surface area contributed by atoms with Crippen LogP contribution in [-0.2, 0) is 0 Å². The second-order valence-corrected chi connectivity index (χ2v) is 7.25. The molecule has 1 aliphatic carbocycles. The van der Waals surface area contributed by atoms with Crippen LogP contribution in [0.2, 0.25) is 0 Å². The molecule has 0 spiro atoms. The van der Waals surface area contributed by atoms with E-state index >= 15 is 0 Å². The van der Waals surface area contributed by atoms with Crippen LogP contribution in [0.3, 0.4) is 0 Å². The molecule has 1 heterocycles. The van der Waals surface area contributed by atoms with E-state index in [0.717, 1.165) is 0 Å². The van der Waals surface area contributed by atoms with E-state index in [9.17, 15) is 15.0 Å². The van der Waals surface area contributed by atoms with Crippen molar-refractivity contribution in [1.29, 1.82) is 0 Å². The fraction of sp³-hybridized carbons (Fsp3) is 0.381. The first-order valence-electron chi connectivity index (χ1n) is 9.09. The van der Waals surface area contributed by atoms with Crippen LogP contribution in [0.15, 0.2) is 54.6 Å². The van der Waals surface area contributed by atoms with Crippen molar-refractivity contribution in [2.24, 2.45) is 11.8 Å². The molecule has 2 aromatic rings. The normalized spacial score (nSPS) is 27.8. The van der Waals surface area contributed by atoms with Crippen molar-refractivity contribution in [1.82, 2.24) is 4.90 Å². The van der Waals surface area contributed by atoms with Gasteiger partial charge in [0.05, 0.1) is 17.8 Å². The van der Waals surface area contributed by atoms with Crippen molar-refractivity contribution in [3.05, 3.63) is 60.2 Å². The Labute approximate surface area is 152 Å². The largest absolute Gasteiger partial charge is 0.457 e. The minimum atomic E-state index is -0.681. The summed E-state index contributed by atoms with van der Waals surface area (Å²) in [5.74, 6) is 1.67. The molecule has 1 saturated carbocycles. The van der Waals surface area contributed by atoms with Gasteiger partial charge in [0.25, 0.3) is 5.91 Å². The zero-order valence-electron chi connectivity index (χ0n) is 14.5.